The maximum absolute atomic E-state index is 13.0. The standard InChI is InChI=1S/C20H18ClN5O5/c21-12-4-5-15(22-10-12)23-16(27)11-26-14-3-1-2-13(17(14)24-18(26)20(29)30)19(28)25-6-8-31-9-7-25/h1-5,10H,6-9,11H2,(H,29,30)(H,22,23,27). The Kier molecular flexibility index (Phi) is 5.83. The third-order valence-corrected chi connectivity index (χ3v) is 5.02. The summed E-state index contributed by atoms with van der Waals surface area (Å²) in [6, 6.07) is 7.96. The number of anilines is 1. The lowest BCUT2D eigenvalue weighted by Gasteiger charge is -2.26. The molecule has 160 valence electrons. The zero-order valence-electron chi connectivity index (χ0n) is 16.2. The van der Waals surface area contributed by atoms with Gasteiger partial charge in [-0.2, -0.15) is 0 Å². The van der Waals surface area contributed by atoms with E-state index in [0.29, 0.717) is 36.8 Å². The van der Waals surface area contributed by atoms with Crippen LogP contribution >= 0.6 is 11.6 Å². The zero-order chi connectivity index (χ0) is 22.0. The highest BCUT2D eigenvalue weighted by molar-refractivity contribution is 6.30. The van der Waals surface area contributed by atoms with E-state index in [-0.39, 0.29) is 35.2 Å². The first-order chi connectivity index (χ1) is 14.9. The van der Waals surface area contributed by atoms with Gasteiger partial charge in [0.2, 0.25) is 11.7 Å². The molecule has 0 radical (unpaired) electrons. The third kappa shape index (κ3) is 4.35. The summed E-state index contributed by atoms with van der Waals surface area (Å²) in [5.41, 5.74) is 0.880. The highest BCUT2D eigenvalue weighted by Crippen LogP contribution is 2.22. The van der Waals surface area contributed by atoms with E-state index in [9.17, 15) is 19.5 Å². The molecule has 0 aliphatic carbocycles. The Hall–Kier alpha value is -3.50. The van der Waals surface area contributed by atoms with Crippen molar-refractivity contribution in [3.8, 4) is 0 Å². The van der Waals surface area contributed by atoms with Gasteiger partial charge in [0.15, 0.2) is 0 Å². The molecule has 10 nitrogen and oxygen atoms in total. The SMILES string of the molecule is O=C(Cn1c(C(=O)O)nc2c(C(=O)N3CCOCC3)cccc21)Nc1ccc(Cl)cn1. The van der Waals surface area contributed by atoms with Gasteiger partial charge in [-0.25, -0.2) is 14.8 Å². The first-order valence-corrected chi connectivity index (χ1v) is 9.83. The minimum Gasteiger partial charge on any atom is -0.475 e. The smallest absolute Gasteiger partial charge is 0.372 e. The fraction of sp³-hybridized carbons (Fsp3) is 0.250. The Balaban J connectivity index is 1.67. The molecule has 0 atom stereocenters. The van der Waals surface area contributed by atoms with Crippen molar-refractivity contribution < 1.29 is 24.2 Å². The topological polar surface area (TPSA) is 127 Å². The summed E-state index contributed by atoms with van der Waals surface area (Å²) in [5, 5.41) is 12.6. The molecule has 1 aliphatic heterocycles. The van der Waals surface area contributed by atoms with Crippen LogP contribution in [0.4, 0.5) is 5.82 Å². The summed E-state index contributed by atoms with van der Waals surface area (Å²) < 4.78 is 6.54. The second kappa shape index (κ2) is 8.70. The lowest BCUT2D eigenvalue weighted by molar-refractivity contribution is -0.116. The van der Waals surface area contributed by atoms with Gasteiger partial charge in [0.25, 0.3) is 5.91 Å². The van der Waals surface area contributed by atoms with Crippen molar-refractivity contribution in [2.75, 3.05) is 31.6 Å². The van der Waals surface area contributed by atoms with Crippen molar-refractivity contribution in [3.63, 3.8) is 0 Å². The number of carboxylic acids is 1. The van der Waals surface area contributed by atoms with E-state index in [1.807, 2.05) is 0 Å². The van der Waals surface area contributed by atoms with Gasteiger partial charge < -0.3 is 24.6 Å². The molecule has 1 aromatic carbocycles. The lowest BCUT2D eigenvalue weighted by atomic mass is 10.1. The summed E-state index contributed by atoms with van der Waals surface area (Å²) >= 11 is 5.79. The van der Waals surface area contributed by atoms with Crippen molar-refractivity contribution in [1.29, 1.82) is 0 Å². The van der Waals surface area contributed by atoms with E-state index in [1.165, 1.54) is 16.8 Å². The van der Waals surface area contributed by atoms with E-state index in [1.54, 1.807) is 29.2 Å². The predicted octanol–water partition coefficient (Wildman–Crippen LogP) is 1.89. The molecule has 2 amide bonds. The molecule has 2 N–H and O–H groups in total. The van der Waals surface area contributed by atoms with Crippen LogP contribution in [0.5, 0.6) is 0 Å². The molecule has 11 heteroatoms. The van der Waals surface area contributed by atoms with Crippen molar-refractivity contribution in [2.45, 2.75) is 6.54 Å². The number of hydrogen-bond donors (Lipinski definition) is 2. The van der Waals surface area contributed by atoms with E-state index < -0.39 is 11.9 Å². The van der Waals surface area contributed by atoms with Crippen molar-refractivity contribution in [3.05, 3.63) is 52.9 Å². The monoisotopic (exact) mass is 443 g/mol. The number of aromatic carboxylic acids is 1. The molecule has 31 heavy (non-hydrogen) atoms. The number of morpholine rings is 1. The lowest BCUT2D eigenvalue weighted by Crippen LogP contribution is -2.40. The second-order valence-corrected chi connectivity index (χ2v) is 7.25. The molecular weight excluding hydrogens is 426 g/mol. The Labute approximate surface area is 181 Å². The highest BCUT2D eigenvalue weighted by atomic mass is 35.5. The predicted molar refractivity (Wildman–Crippen MR) is 111 cm³/mol. The fourth-order valence-electron chi connectivity index (χ4n) is 3.36. The van der Waals surface area contributed by atoms with Crippen LogP contribution in [0, 0.1) is 0 Å². The summed E-state index contributed by atoms with van der Waals surface area (Å²) in [4.78, 5) is 47.1. The fourth-order valence-corrected chi connectivity index (χ4v) is 3.47. The second-order valence-electron chi connectivity index (χ2n) is 6.81. The van der Waals surface area contributed by atoms with E-state index in [4.69, 9.17) is 16.3 Å². The summed E-state index contributed by atoms with van der Waals surface area (Å²) in [6.07, 6.45) is 1.38. The van der Waals surface area contributed by atoms with Crippen LogP contribution in [-0.4, -0.2) is 68.6 Å². The molecule has 0 bridgehead atoms. The minimum absolute atomic E-state index is 0.230. The Morgan fingerprint density at radius 1 is 1.16 bits per heavy atom. The minimum atomic E-state index is -1.31. The van der Waals surface area contributed by atoms with Crippen LogP contribution in [-0.2, 0) is 16.1 Å². The number of carboxylic acid groups (broad SMARTS) is 1. The number of aromatic nitrogens is 3. The Bertz CT molecular complexity index is 1150. The Morgan fingerprint density at radius 2 is 1.94 bits per heavy atom. The highest BCUT2D eigenvalue weighted by Gasteiger charge is 2.25. The van der Waals surface area contributed by atoms with E-state index >= 15 is 0 Å². The first kappa shape index (κ1) is 20.8. The molecule has 0 unspecified atom stereocenters. The number of fused-ring (bicyclic) bond motifs is 1. The molecule has 0 saturated carbocycles. The maximum atomic E-state index is 13.0. The van der Waals surface area contributed by atoms with Gasteiger partial charge in [-0.15, -0.1) is 0 Å². The number of carbonyl (C=O) groups is 3. The number of hydrogen-bond acceptors (Lipinski definition) is 6. The third-order valence-electron chi connectivity index (χ3n) is 4.80. The Morgan fingerprint density at radius 3 is 2.61 bits per heavy atom. The average molecular weight is 444 g/mol. The summed E-state index contributed by atoms with van der Waals surface area (Å²) in [6.45, 7) is 1.44. The molecule has 4 rings (SSSR count). The number of nitrogens with zero attached hydrogens (tertiary/aromatic N) is 4. The van der Waals surface area contributed by atoms with Crippen LogP contribution in [0.15, 0.2) is 36.5 Å². The molecule has 1 saturated heterocycles. The largest absolute Gasteiger partial charge is 0.475 e. The number of imidazole rings is 1. The van der Waals surface area contributed by atoms with Gasteiger partial charge in [0, 0.05) is 19.3 Å². The number of nitrogens with one attached hydrogen (secondary N) is 1. The number of pyridine rings is 1. The normalized spacial score (nSPS) is 13.9. The van der Waals surface area contributed by atoms with Crippen LogP contribution in [0.2, 0.25) is 5.02 Å². The van der Waals surface area contributed by atoms with Gasteiger partial charge in [-0.3, -0.25) is 9.59 Å². The van der Waals surface area contributed by atoms with Gasteiger partial charge in [-0.1, -0.05) is 17.7 Å². The number of amides is 2. The van der Waals surface area contributed by atoms with Crippen molar-refractivity contribution in [1.82, 2.24) is 19.4 Å². The van der Waals surface area contributed by atoms with Crippen LogP contribution in [0.1, 0.15) is 21.0 Å². The molecule has 1 aliphatic rings. The maximum Gasteiger partial charge on any atom is 0.372 e. The first-order valence-electron chi connectivity index (χ1n) is 9.45. The molecule has 2 aromatic heterocycles. The van der Waals surface area contributed by atoms with Crippen LogP contribution < -0.4 is 5.32 Å². The van der Waals surface area contributed by atoms with Crippen LogP contribution in [0.3, 0.4) is 0 Å². The number of ether oxygens (including phenoxy) is 1. The van der Waals surface area contributed by atoms with Gasteiger partial charge in [0.1, 0.15) is 17.9 Å². The summed E-state index contributed by atoms with van der Waals surface area (Å²) in [7, 11) is 0. The van der Waals surface area contributed by atoms with Gasteiger partial charge >= 0.3 is 5.97 Å². The number of carbonyl (C=O) groups excluding carboxylic acids is 2. The number of para-hydroxylation sites is 1. The average Bonchev–Trinajstić information content (AvgIpc) is 3.14. The molecule has 3 heterocycles. The van der Waals surface area contributed by atoms with Crippen molar-refractivity contribution in [2.24, 2.45) is 0 Å². The number of halogens is 1. The van der Waals surface area contributed by atoms with Crippen molar-refractivity contribution >= 4 is 46.2 Å². The van der Waals surface area contributed by atoms with E-state index in [0.717, 1.165) is 0 Å². The molecular formula is C20H18ClN5O5. The molecule has 1 fully saturated rings. The number of benzene rings is 1. The van der Waals surface area contributed by atoms with Gasteiger partial charge in [-0.05, 0) is 24.3 Å². The molecule has 3 aromatic rings. The number of rotatable bonds is 5. The van der Waals surface area contributed by atoms with Crippen LogP contribution in [0.25, 0.3) is 11.0 Å². The zero-order valence-corrected chi connectivity index (χ0v) is 17.0. The quantitative estimate of drug-likeness (QED) is 0.616. The molecule has 0 spiro atoms. The van der Waals surface area contributed by atoms with Gasteiger partial charge in [0.05, 0.1) is 29.3 Å². The van der Waals surface area contributed by atoms with E-state index in [2.05, 4.69) is 15.3 Å². The summed E-state index contributed by atoms with van der Waals surface area (Å²) in [5.74, 6) is -2.12.